The molecule has 0 bridgehead atoms. The lowest BCUT2D eigenvalue weighted by Gasteiger charge is -2.28. The van der Waals surface area contributed by atoms with E-state index in [4.69, 9.17) is 16.2 Å². The molecule has 0 saturated heterocycles. The third-order valence-corrected chi connectivity index (χ3v) is 4.42. The van der Waals surface area contributed by atoms with Crippen LogP contribution in [0.5, 0.6) is 0 Å². The summed E-state index contributed by atoms with van der Waals surface area (Å²) >= 11 is 0. The van der Waals surface area contributed by atoms with E-state index < -0.39 is 41.6 Å². The lowest BCUT2D eigenvalue weighted by Crippen LogP contribution is -2.57. The number of nitrogens with zero attached hydrogens (tertiary/aromatic N) is 1. The van der Waals surface area contributed by atoms with Crippen LogP contribution in [0.1, 0.15) is 67.7 Å². The number of guanidine groups is 1. The molecule has 11 heteroatoms. The molecule has 0 heterocycles. The maximum absolute atomic E-state index is 12.9. The van der Waals surface area contributed by atoms with Crippen LogP contribution >= 0.6 is 0 Å². The summed E-state index contributed by atoms with van der Waals surface area (Å²) in [4.78, 5) is 53.2. The minimum Gasteiger partial charge on any atom is -0.444 e. The van der Waals surface area contributed by atoms with Crippen LogP contribution < -0.4 is 27.4 Å². The number of carbonyl (C=O) groups excluding carboxylic acids is 4. The van der Waals surface area contributed by atoms with Crippen LogP contribution in [0.4, 0.5) is 4.79 Å². The molecule has 0 aromatic carbocycles. The van der Waals surface area contributed by atoms with Crippen LogP contribution in [0.2, 0.25) is 0 Å². The second kappa shape index (κ2) is 14.3. The number of nitrogens with one attached hydrogen (secondary N) is 3. The molecule has 0 rings (SSSR count). The Hall–Kier alpha value is -2.85. The maximum atomic E-state index is 12.9. The standard InChI is InChI=1S/C22H42N6O5/c1-13(2)11-16(18(30)26-15(12-29)9-8-10-25-20(23)24)27-19(31)17(14(3)4)28-21(32)33-22(5,6)7/h12-17H,8-11H2,1-7H3,(H,26,30)(H,27,31)(H,28,32)(H4,23,24,25)/t15-,16-,17+/m0/s1. The first-order valence-electron chi connectivity index (χ1n) is 11.3. The van der Waals surface area contributed by atoms with Gasteiger partial charge in [-0.2, -0.15) is 0 Å². The van der Waals surface area contributed by atoms with Crippen molar-refractivity contribution >= 4 is 30.2 Å². The highest BCUT2D eigenvalue weighted by molar-refractivity contribution is 5.92. The number of alkyl carbamates (subject to hydrolysis) is 1. The van der Waals surface area contributed by atoms with Crippen LogP contribution in [-0.4, -0.2) is 60.4 Å². The SMILES string of the molecule is CC(C)C[C@H](NC(=O)[C@H](NC(=O)OC(C)(C)C)C(C)C)C(=O)N[C@H](C=O)CCCN=C(N)N. The molecule has 7 N–H and O–H groups in total. The zero-order valence-electron chi connectivity index (χ0n) is 20.9. The monoisotopic (exact) mass is 470 g/mol. The second-order valence-electron chi connectivity index (χ2n) is 9.76. The van der Waals surface area contributed by atoms with E-state index in [0.29, 0.717) is 32.1 Å². The zero-order valence-corrected chi connectivity index (χ0v) is 20.9. The van der Waals surface area contributed by atoms with Gasteiger partial charge in [0.2, 0.25) is 11.8 Å². The van der Waals surface area contributed by atoms with E-state index in [1.807, 2.05) is 13.8 Å². The Kier molecular flexibility index (Phi) is 13.1. The quantitative estimate of drug-likeness (QED) is 0.114. The number of hydrogen-bond donors (Lipinski definition) is 5. The van der Waals surface area contributed by atoms with Crippen LogP contribution in [0.15, 0.2) is 4.99 Å². The van der Waals surface area contributed by atoms with Gasteiger partial charge in [0.1, 0.15) is 24.0 Å². The van der Waals surface area contributed by atoms with Gasteiger partial charge < -0.3 is 36.9 Å². The van der Waals surface area contributed by atoms with Crippen LogP contribution in [0, 0.1) is 11.8 Å². The fourth-order valence-corrected chi connectivity index (χ4v) is 2.91. The van der Waals surface area contributed by atoms with E-state index in [2.05, 4.69) is 20.9 Å². The number of aldehydes is 1. The first kappa shape index (κ1) is 30.1. The summed E-state index contributed by atoms with van der Waals surface area (Å²) in [7, 11) is 0. The summed E-state index contributed by atoms with van der Waals surface area (Å²) in [6.07, 6.45) is 1.13. The summed E-state index contributed by atoms with van der Waals surface area (Å²) in [5.41, 5.74) is 9.83. The lowest BCUT2D eigenvalue weighted by molar-refractivity contribution is -0.131. The molecule has 0 aliphatic rings. The van der Waals surface area contributed by atoms with E-state index in [1.165, 1.54) is 0 Å². The smallest absolute Gasteiger partial charge is 0.408 e. The molecule has 0 aliphatic carbocycles. The molecule has 0 unspecified atom stereocenters. The molecule has 0 aromatic heterocycles. The summed E-state index contributed by atoms with van der Waals surface area (Å²) in [5.74, 6) is -1.18. The van der Waals surface area contributed by atoms with Gasteiger partial charge in [-0.05, 0) is 51.9 Å². The molecular formula is C22H42N6O5. The Morgan fingerprint density at radius 1 is 1.00 bits per heavy atom. The molecule has 0 spiro atoms. The average Bonchev–Trinajstić information content (AvgIpc) is 2.65. The van der Waals surface area contributed by atoms with Gasteiger partial charge in [0.15, 0.2) is 5.96 Å². The molecule has 3 amide bonds. The topological polar surface area (TPSA) is 178 Å². The Bertz CT molecular complexity index is 683. The number of amides is 3. The Morgan fingerprint density at radius 2 is 1.61 bits per heavy atom. The largest absolute Gasteiger partial charge is 0.444 e. The van der Waals surface area contributed by atoms with Gasteiger partial charge in [-0.25, -0.2) is 4.79 Å². The Morgan fingerprint density at radius 3 is 2.06 bits per heavy atom. The Balaban J connectivity index is 5.23. The molecule has 0 aromatic rings. The fourth-order valence-electron chi connectivity index (χ4n) is 2.91. The van der Waals surface area contributed by atoms with Crippen molar-refractivity contribution in [2.45, 2.75) is 91.5 Å². The van der Waals surface area contributed by atoms with Gasteiger partial charge >= 0.3 is 6.09 Å². The normalized spacial score (nSPS) is 14.1. The molecule has 0 saturated carbocycles. The van der Waals surface area contributed by atoms with Crippen molar-refractivity contribution in [2.24, 2.45) is 28.3 Å². The van der Waals surface area contributed by atoms with Crippen LogP contribution in [0.3, 0.4) is 0 Å². The minimum atomic E-state index is -0.899. The van der Waals surface area contributed by atoms with Crippen molar-refractivity contribution in [3.05, 3.63) is 0 Å². The highest BCUT2D eigenvalue weighted by Gasteiger charge is 2.31. The van der Waals surface area contributed by atoms with Gasteiger partial charge in [-0.15, -0.1) is 0 Å². The van der Waals surface area contributed by atoms with Gasteiger partial charge in [-0.1, -0.05) is 27.7 Å². The van der Waals surface area contributed by atoms with Crippen molar-refractivity contribution in [3.63, 3.8) is 0 Å². The van der Waals surface area contributed by atoms with Crippen molar-refractivity contribution < 1.29 is 23.9 Å². The summed E-state index contributed by atoms with van der Waals surface area (Å²) in [6.45, 7) is 12.9. The minimum absolute atomic E-state index is 0.0407. The summed E-state index contributed by atoms with van der Waals surface area (Å²) in [6, 6.07) is -2.51. The van der Waals surface area contributed by atoms with E-state index in [1.54, 1.807) is 34.6 Å². The number of ether oxygens (including phenoxy) is 1. The number of carbonyl (C=O) groups is 4. The zero-order chi connectivity index (χ0) is 25.8. The number of aliphatic imine (C=N–C) groups is 1. The number of nitrogens with two attached hydrogens (primary N) is 2. The lowest BCUT2D eigenvalue weighted by atomic mass is 9.99. The van der Waals surface area contributed by atoms with Gasteiger partial charge in [0.05, 0.1) is 6.04 Å². The molecule has 11 nitrogen and oxygen atoms in total. The van der Waals surface area contributed by atoms with Gasteiger partial charge in [0.25, 0.3) is 0 Å². The van der Waals surface area contributed by atoms with Gasteiger partial charge in [0, 0.05) is 6.54 Å². The molecule has 0 radical (unpaired) electrons. The first-order valence-corrected chi connectivity index (χ1v) is 11.3. The maximum Gasteiger partial charge on any atom is 0.408 e. The number of hydrogen-bond acceptors (Lipinski definition) is 6. The highest BCUT2D eigenvalue weighted by Crippen LogP contribution is 2.11. The third kappa shape index (κ3) is 14.0. The van der Waals surface area contributed by atoms with E-state index in [9.17, 15) is 19.2 Å². The molecule has 0 fully saturated rings. The Labute approximate surface area is 196 Å². The third-order valence-electron chi connectivity index (χ3n) is 4.42. The molecule has 3 atom stereocenters. The summed E-state index contributed by atoms with van der Waals surface area (Å²) in [5, 5.41) is 7.95. The molecule has 0 aliphatic heterocycles. The summed E-state index contributed by atoms with van der Waals surface area (Å²) < 4.78 is 5.24. The van der Waals surface area contributed by atoms with E-state index in [-0.39, 0.29) is 17.8 Å². The first-order chi connectivity index (χ1) is 15.2. The number of rotatable bonds is 13. The van der Waals surface area contributed by atoms with Crippen molar-refractivity contribution in [2.75, 3.05) is 6.54 Å². The second-order valence-corrected chi connectivity index (χ2v) is 9.76. The fraction of sp³-hybridized carbons (Fsp3) is 0.773. The van der Waals surface area contributed by atoms with Crippen molar-refractivity contribution in [1.82, 2.24) is 16.0 Å². The molecular weight excluding hydrogens is 428 g/mol. The van der Waals surface area contributed by atoms with Crippen molar-refractivity contribution in [1.29, 1.82) is 0 Å². The molecule has 190 valence electrons. The van der Waals surface area contributed by atoms with Crippen LogP contribution in [0.25, 0.3) is 0 Å². The van der Waals surface area contributed by atoms with E-state index >= 15 is 0 Å². The van der Waals surface area contributed by atoms with Gasteiger partial charge in [-0.3, -0.25) is 14.6 Å². The van der Waals surface area contributed by atoms with Crippen molar-refractivity contribution in [3.8, 4) is 0 Å². The van der Waals surface area contributed by atoms with E-state index in [0.717, 1.165) is 0 Å². The average molecular weight is 471 g/mol. The highest BCUT2D eigenvalue weighted by atomic mass is 16.6. The predicted molar refractivity (Wildman–Crippen MR) is 127 cm³/mol. The molecule has 33 heavy (non-hydrogen) atoms. The van der Waals surface area contributed by atoms with Crippen LogP contribution in [-0.2, 0) is 19.1 Å². The predicted octanol–water partition coefficient (Wildman–Crippen LogP) is 0.804.